The number of aliphatic hydroxyl groups is 1. The molecule has 80 valence electrons. The fourth-order valence-electron chi connectivity index (χ4n) is 1.28. The minimum Gasteiger partial charge on any atom is -0.394 e. The summed E-state index contributed by atoms with van der Waals surface area (Å²) in [6, 6.07) is 3.89. The number of aromatic nitrogens is 1. The summed E-state index contributed by atoms with van der Waals surface area (Å²) < 4.78 is 0. The molecule has 1 heterocycles. The van der Waals surface area contributed by atoms with E-state index in [1.165, 1.54) is 0 Å². The minimum atomic E-state index is -0.0496. The van der Waals surface area contributed by atoms with Crippen molar-refractivity contribution in [2.24, 2.45) is 0 Å². The van der Waals surface area contributed by atoms with Crippen LogP contribution >= 0.6 is 0 Å². The van der Waals surface area contributed by atoms with Gasteiger partial charge in [0.2, 0.25) is 0 Å². The number of likely N-dealkylation sites (N-methyl/N-ethyl adjacent to an activating group) is 1. The fraction of sp³-hybridized carbons (Fsp3) is 0.455. The Kier molecular flexibility index (Phi) is 3.64. The number of hydrogen-bond donors (Lipinski definition) is 1. The van der Waals surface area contributed by atoms with Gasteiger partial charge in [0.15, 0.2) is 0 Å². The van der Waals surface area contributed by atoms with Crippen molar-refractivity contribution in [3.8, 4) is 6.07 Å². The standard InChI is InChI=1S/C11H15N3O/c1-8-4-5-13-11(10(8)6-12)14(3)9(2)7-15/h4-5,9,15H,7H2,1-3H3. The quantitative estimate of drug-likeness (QED) is 0.802. The van der Waals surface area contributed by atoms with Crippen molar-refractivity contribution in [2.75, 3.05) is 18.6 Å². The summed E-state index contributed by atoms with van der Waals surface area (Å²) in [4.78, 5) is 5.98. The second kappa shape index (κ2) is 4.76. The van der Waals surface area contributed by atoms with Gasteiger partial charge in [0.1, 0.15) is 11.9 Å². The minimum absolute atomic E-state index is 0.0387. The smallest absolute Gasteiger partial charge is 0.146 e. The van der Waals surface area contributed by atoms with Gasteiger partial charge in [-0.05, 0) is 25.5 Å². The summed E-state index contributed by atoms with van der Waals surface area (Å²) in [5.74, 6) is 0.624. The monoisotopic (exact) mass is 205 g/mol. The van der Waals surface area contributed by atoms with E-state index in [1.807, 2.05) is 25.8 Å². The molecule has 0 amide bonds. The summed E-state index contributed by atoms with van der Waals surface area (Å²) in [6.45, 7) is 3.79. The van der Waals surface area contributed by atoms with Crippen LogP contribution in [-0.4, -0.2) is 29.8 Å². The number of nitriles is 1. The number of aliphatic hydroxyl groups excluding tert-OH is 1. The van der Waals surface area contributed by atoms with Crippen molar-refractivity contribution in [1.82, 2.24) is 4.98 Å². The van der Waals surface area contributed by atoms with E-state index >= 15 is 0 Å². The molecule has 4 nitrogen and oxygen atoms in total. The molecule has 0 aromatic carbocycles. The predicted molar refractivity (Wildman–Crippen MR) is 58.6 cm³/mol. The fourth-order valence-corrected chi connectivity index (χ4v) is 1.28. The molecular weight excluding hydrogens is 190 g/mol. The van der Waals surface area contributed by atoms with Crippen LogP contribution in [0.25, 0.3) is 0 Å². The van der Waals surface area contributed by atoms with Gasteiger partial charge in [0.25, 0.3) is 0 Å². The van der Waals surface area contributed by atoms with Crippen molar-refractivity contribution < 1.29 is 5.11 Å². The highest BCUT2D eigenvalue weighted by molar-refractivity contribution is 5.57. The number of nitrogens with zero attached hydrogens (tertiary/aromatic N) is 3. The van der Waals surface area contributed by atoms with Crippen LogP contribution < -0.4 is 4.90 Å². The van der Waals surface area contributed by atoms with Crippen LogP contribution in [0.2, 0.25) is 0 Å². The average Bonchev–Trinajstić information content (AvgIpc) is 2.26. The Bertz CT molecular complexity index is 384. The Morgan fingerprint density at radius 1 is 1.67 bits per heavy atom. The molecule has 1 rings (SSSR count). The lowest BCUT2D eigenvalue weighted by Crippen LogP contribution is -2.33. The van der Waals surface area contributed by atoms with E-state index < -0.39 is 0 Å². The van der Waals surface area contributed by atoms with Gasteiger partial charge in [-0.25, -0.2) is 4.98 Å². The highest BCUT2D eigenvalue weighted by Gasteiger charge is 2.15. The van der Waals surface area contributed by atoms with E-state index in [0.717, 1.165) is 5.56 Å². The first kappa shape index (κ1) is 11.5. The molecule has 1 aromatic heterocycles. The molecule has 0 aliphatic carbocycles. The highest BCUT2D eigenvalue weighted by atomic mass is 16.3. The van der Waals surface area contributed by atoms with Crippen molar-refractivity contribution in [1.29, 1.82) is 5.26 Å². The maximum atomic E-state index is 9.05. The molecule has 4 heteroatoms. The predicted octanol–water partition coefficient (Wildman–Crippen LogP) is 1.08. The third-order valence-corrected chi connectivity index (χ3v) is 2.51. The van der Waals surface area contributed by atoms with Crippen LogP contribution in [0.4, 0.5) is 5.82 Å². The first-order chi connectivity index (χ1) is 7.11. The van der Waals surface area contributed by atoms with Gasteiger partial charge in [-0.15, -0.1) is 0 Å². The molecule has 0 aliphatic rings. The maximum Gasteiger partial charge on any atom is 0.146 e. The summed E-state index contributed by atoms with van der Waals surface area (Å²) in [6.07, 6.45) is 1.67. The lowest BCUT2D eigenvalue weighted by atomic mass is 10.1. The molecule has 0 saturated heterocycles. The molecule has 0 spiro atoms. The third kappa shape index (κ3) is 2.25. The van der Waals surface area contributed by atoms with Gasteiger partial charge in [0, 0.05) is 13.2 Å². The van der Waals surface area contributed by atoms with Gasteiger partial charge < -0.3 is 10.0 Å². The zero-order valence-electron chi connectivity index (χ0n) is 9.23. The molecule has 0 fully saturated rings. The number of rotatable bonds is 3. The van der Waals surface area contributed by atoms with E-state index in [2.05, 4.69) is 11.1 Å². The zero-order valence-corrected chi connectivity index (χ0v) is 9.23. The zero-order chi connectivity index (χ0) is 11.4. The van der Waals surface area contributed by atoms with Crippen molar-refractivity contribution >= 4 is 5.82 Å². The van der Waals surface area contributed by atoms with Gasteiger partial charge in [-0.1, -0.05) is 0 Å². The van der Waals surface area contributed by atoms with E-state index in [4.69, 9.17) is 10.4 Å². The van der Waals surface area contributed by atoms with Gasteiger partial charge in [-0.2, -0.15) is 5.26 Å². The summed E-state index contributed by atoms with van der Waals surface area (Å²) in [5, 5.41) is 18.1. The highest BCUT2D eigenvalue weighted by Crippen LogP contribution is 2.20. The SMILES string of the molecule is Cc1ccnc(N(C)C(C)CO)c1C#N. The molecule has 15 heavy (non-hydrogen) atoms. The molecule has 1 N–H and O–H groups in total. The number of pyridine rings is 1. The van der Waals surface area contributed by atoms with E-state index in [9.17, 15) is 0 Å². The van der Waals surface area contributed by atoms with Crippen LogP contribution in [0.5, 0.6) is 0 Å². The Hall–Kier alpha value is -1.60. The molecule has 0 saturated carbocycles. The number of aryl methyl sites for hydroxylation is 1. The van der Waals surface area contributed by atoms with E-state index in [1.54, 1.807) is 12.3 Å². The van der Waals surface area contributed by atoms with Gasteiger partial charge in [0.05, 0.1) is 18.2 Å². The Morgan fingerprint density at radius 2 is 2.33 bits per heavy atom. The summed E-state index contributed by atoms with van der Waals surface area (Å²) >= 11 is 0. The van der Waals surface area contributed by atoms with Gasteiger partial charge in [-0.3, -0.25) is 0 Å². The normalized spacial score (nSPS) is 11.9. The molecule has 1 aromatic rings. The van der Waals surface area contributed by atoms with Crippen molar-refractivity contribution in [3.63, 3.8) is 0 Å². The molecule has 0 bridgehead atoms. The second-order valence-corrected chi connectivity index (χ2v) is 3.58. The van der Waals surface area contributed by atoms with E-state index in [-0.39, 0.29) is 12.6 Å². The van der Waals surface area contributed by atoms with Crippen LogP contribution in [0.15, 0.2) is 12.3 Å². The van der Waals surface area contributed by atoms with Crippen LogP contribution in [0.1, 0.15) is 18.1 Å². The largest absolute Gasteiger partial charge is 0.394 e. The first-order valence-electron chi connectivity index (χ1n) is 4.81. The Labute approximate surface area is 89.8 Å². The molecule has 0 aliphatic heterocycles. The lowest BCUT2D eigenvalue weighted by Gasteiger charge is -2.25. The summed E-state index contributed by atoms with van der Waals surface area (Å²) in [7, 11) is 1.82. The number of anilines is 1. The number of hydrogen-bond acceptors (Lipinski definition) is 4. The third-order valence-electron chi connectivity index (χ3n) is 2.51. The van der Waals surface area contributed by atoms with Gasteiger partial charge >= 0.3 is 0 Å². The van der Waals surface area contributed by atoms with Crippen LogP contribution in [0.3, 0.4) is 0 Å². The van der Waals surface area contributed by atoms with E-state index in [0.29, 0.717) is 11.4 Å². The lowest BCUT2D eigenvalue weighted by molar-refractivity contribution is 0.269. The summed E-state index contributed by atoms with van der Waals surface area (Å²) in [5.41, 5.74) is 1.47. The van der Waals surface area contributed by atoms with Crippen LogP contribution in [-0.2, 0) is 0 Å². The molecule has 0 radical (unpaired) electrons. The first-order valence-corrected chi connectivity index (χ1v) is 4.81. The molecule has 1 unspecified atom stereocenters. The molecule has 1 atom stereocenters. The molecular formula is C11H15N3O. The van der Waals surface area contributed by atoms with Crippen molar-refractivity contribution in [2.45, 2.75) is 19.9 Å². The topological polar surface area (TPSA) is 60.1 Å². The average molecular weight is 205 g/mol. The van der Waals surface area contributed by atoms with Crippen molar-refractivity contribution in [3.05, 3.63) is 23.4 Å². The Morgan fingerprint density at radius 3 is 2.87 bits per heavy atom. The second-order valence-electron chi connectivity index (χ2n) is 3.58. The maximum absolute atomic E-state index is 9.05. The Balaban J connectivity index is 3.15. The van der Waals surface area contributed by atoms with Crippen LogP contribution in [0, 0.1) is 18.3 Å².